The maximum atomic E-state index is 6.21. The minimum atomic E-state index is -0.0901. The maximum Gasteiger partial charge on any atom is 0.0757 e. The zero-order valence-electron chi connectivity index (χ0n) is 10.4. The van der Waals surface area contributed by atoms with E-state index in [0.717, 1.165) is 35.7 Å². The number of aromatic nitrogens is 3. The predicted molar refractivity (Wildman–Crippen MR) is 72.4 cm³/mol. The van der Waals surface area contributed by atoms with Crippen LogP contribution in [0, 0.1) is 0 Å². The van der Waals surface area contributed by atoms with Gasteiger partial charge in [-0.25, -0.2) is 4.68 Å². The van der Waals surface area contributed by atoms with Crippen LogP contribution in [-0.4, -0.2) is 15.0 Å². The van der Waals surface area contributed by atoms with Crippen LogP contribution in [0.3, 0.4) is 0 Å². The maximum absolute atomic E-state index is 6.21. The van der Waals surface area contributed by atoms with Crippen molar-refractivity contribution in [2.45, 2.75) is 32.4 Å². The third-order valence-corrected chi connectivity index (χ3v) is 3.08. The van der Waals surface area contributed by atoms with Crippen molar-refractivity contribution in [1.29, 1.82) is 0 Å². The Morgan fingerprint density at radius 2 is 2.06 bits per heavy atom. The van der Waals surface area contributed by atoms with Crippen LogP contribution in [0.2, 0.25) is 5.02 Å². The van der Waals surface area contributed by atoms with E-state index < -0.39 is 0 Å². The van der Waals surface area contributed by atoms with Gasteiger partial charge in [0.2, 0.25) is 0 Å². The quantitative estimate of drug-likeness (QED) is 0.903. The van der Waals surface area contributed by atoms with Gasteiger partial charge in [-0.2, -0.15) is 0 Å². The highest BCUT2D eigenvalue weighted by molar-refractivity contribution is 6.30. The summed E-state index contributed by atoms with van der Waals surface area (Å²) in [5.41, 5.74) is 8.35. The van der Waals surface area contributed by atoms with Crippen molar-refractivity contribution in [3.05, 3.63) is 46.7 Å². The largest absolute Gasteiger partial charge is 0.322 e. The van der Waals surface area contributed by atoms with E-state index in [1.54, 1.807) is 6.20 Å². The van der Waals surface area contributed by atoms with Crippen molar-refractivity contribution in [3.8, 4) is 0 Å². The third-order valence-electron chi connectivity index (χ3n) is 2.83. The summed E-state index contributed by atoms with van der Waals surface area (Å²) >= 11 is 5.86. The van der Waals surface area contributed by atoms with Gasteiger partial charge in [0, 0.05) is 11.6 Å². The Morgan fingerprint density at radius 3 is 2.72 bits per heavy atom. The van der Waals surface area contributed by atoms with E-state index in [0.29, 0.717) is 0 Å². The highest BCUT2D eigenvalue weighted by Crippen LogP contribution is 2.17. The molecule has 4 nitrogen and oxygen atoms in total. The molecule has 96 valence electrons. The summed E-state index contributed by atoms with van der Waals surface area (Å²) in [4.78, 5) is 0. The lowest BCUT2D eigenvalue weighted by Gasteiger charge is -2.13. The number of nitrogens with two attached hydrogens (primary N) is 1. The van der Waals surface area contributed by atoms with Gasteiger partial charge in [0.05, 0.1) is 17.9 Å². The lowest BCUT2D eigenvalue weighted by Crippen LogP contribution is -2.18. The Balaban J connectivity index is 2.09. The van der Waals surface area contributed by atoms with Gasteiger partial charge in [-0.3, -0.25) is 0 Å². The molecular weight excluding hydrogens is 248 g/mol. The second-order valence-electron chi connectivity index (χ2n) is 4.32. The normalized spacial score (nSPS) is 12.6. The van der Waals surface area contributed by atoms with E-state index in [-0.39, 0.29) is 6.04 Å². The molecule has 1 aromatic heterocycles. The molecule has 2 aromatic rings. The summed E-state index contributed by atoms with van der Waals surface area (Å²) < 4.78 is 1.88. The molecule has 0 spiro atoms. The standard InChI is InChI=1S/C13H17ClN4/c1-2-7-18-13(9-16-17-18)12(15)8-10-3-5-11(14)6-4-10/h3-6,9,12H,2,7-8,15H2,1H3. The molecular formula is C13H17ClN4. The monoisotopic (exact) mass is 264 g/mol. The van der Waals surface area contributed by atoms with E-state index in [2.05, 4.69) is 17.2 Å². The molecule has 2 N–H and O–H groups in total. The van der Waals surface area contributed by atoms with Gasteiger partial charge < -0.3 is 5.73 Å². The predicted octanol–water partition coefficient (Wildman–Crippen LogP) is 2.58. The van der Waals surface area contributed by atoms with E-state index in [1.165, 1.54) is 0 Å². The molecule has 0 aliphatic rings. The minimum absolute atomic E-state index is 0.0901. The number of benzene rings is 1. The summed E-state index contributed by atoms with van der Waals surface area (Å²) in [6.07, 6.45) is 3.52. The highest BCUT2D eigenvalue weighted by Gasteiger charge is 2.13. The fraction of sp³-hybridized carbons (Fsp3) is 0.385. The first-order valence-corrected chi connectivity index (χ1v) is 6.47. The van der Waals surface area contributed by atoms with E-state index in [4.69, 9.17) is 17.3 Å². The van der Waals surface area contributed by atoms with Crippen LogP contribution in [0.1, 0.15) is 30.6 Å². The average molecular weight is 265 g/mol. The molecule has 1 unspecified atom stereocenters. The second-order valence-corrected chi connectivity index (χ2v) is 4.76. The molecule has 1 heterocycles. The molecule has 0 aliphatic carbocycles. The van der Waals surface area contributed by atoms with Crippen LogP contribution in [0.5, 0.6) is 0 Å². The Hall–Kier alpha value is -1.39. The zero-order chi connectivity index (χ0) is 13.0. The van der Waals surface area contributed by atoms with E-state index in [9.17, 15) is 0 Å². The molecule has 1 atom stereocenters. The molecule has 0 saturated heterocycles. The lowest BCUT2D eigenvalue weighted by molar-refractivity contribution is 0.525. The Morgan fingerprint density at radius 1 is 1.33 bits per heavy atom. The van der Waals surface area contributed by atoms with Crippen molar-refractivity contribution >= 4 is 11.6 Å². The fourth-order valence-electron chi connectivity index (χ4n) is 1.92. The van der Waals surface area contributed by atoms with Gasteiger partial charge in [0.25, 0.3) is 0 Å². The van der Waals surface area contributed by atoms with Crippen molar-refractivity contribution < 1.29 is 0 Å². The van der Waals surface area contributed by atoms with Gasteiger partial charge in [-0.15, -0.1) is 5.10 Å². The topological polar surface area (TPSA) is 56.7 Å². The van der Waals surface area contributed by atoms with Crippen LogP contribution in [0.25, 0.3) is 0 Å². The van der Waals surface area contributed by atoms with Gasteiger partial charge in [-0.1, -0.05) is 35.9 Å². The van der Waals surface area contributed by atoms with Crippen molar-refractivity contribution in [3.63, 3.8) is 0 Å². The first kappa shape index (κ1) is 13.1. The molecule has 2 rings (SSSR count). The first-order chi connectivity index (χ1) is 8.70. The van der Waals surface area contributed by atoms with Gasteiger partial charge in [0.1, 0.15) is 0 Å². The number of hydrogen-bond acceptors (Lipinski definition) is 3. The van der Waals surface area contributed by atoms with Gasteiger partial charge in [0.15, 0.2) is 0 Å². The van der Waals surface area contributed by atoms with Crippen LogP contribution in [0.15, 0.2) is 30.5 Å². The molecule has 5 heteroatoms. The summed E-state index contributed by atoms with van der Waals surface area (Å²) in [5, 5.41) is 8.72. The molecule has 1 aromatic carbocycles. The van der Waals surface area contributed by atoms with Crippen LogP contribution in [-0.2, 0) is 13.0 Å². The third kappa shape index (κ3) is 3.09. The van der Waals surface area contributed by atoms with E-state index >= 15 is 0 Å². The average Bonchev–Trinajstić information content (AvgIpc) is 2.81. The first-order valence-electron chi connectivity index (χ1n) is 6.09. The highest BCUT2D eigenvalue weighted by atomic mass is 35.5. The Kier molecular flexibility index (Phi) is 4.33. The van der Waals surface area contributed by atoms with Gasteiger partial charge in [-0.05, 0) is 30.5 Å². The van der Waals surface area contributed by atoms with Crippen molar-refractivity contribution in [1.82, 2.24) is 15.0 Å². The van der Waals surface area contributed by atoms with Crippen molar-refractivity contribution in [2.75, 3.05) is 0 Å². The lowest BCUT2D eigenvalue weighted by atomic mass is 10.0. The Labute approximate surface area is 112 Å². The summed E-state index contributed by atoms with van der Waals surface area (Å²) in [6, 6.07) is 7.66. The van der Waals surface area contributed by atoms with Crippen LogP contribution >= 0.6 is 11.6 Å². The number of halogens is 1. The van der Waals surface area contributed by atoms with Crippen LogP contribution in [0.4, 0.5) is 0 Å². The number of hydrogen-bond donors (Lipinski definition) is 1. The summed E-state index contributed by atoms with van der Waals surface area (Å²) in [6.45, 7) is 2.96. The second kappa shape index (κ2) is 5.98. The molecule has 0 aliphatic heterocycles. The molecule has 0 amide bonds. The number of aryl methyl sites for hydroxylation is 1. The summed E-state index contributed by atoms with van der Waals surface area (Å²) in [5.74, 6) is 0. The number of nitrogens with zero attached hydrogens (tertiary/aromatic N) is 3. The fourth-order valence-corrected chi connectivity index (χ4v) is 2.04. The molecule has 0 fully saturated rings. The number of rotatable bonds is 5. The molecule has 0 bridgehead atoms. The molecule has 0 saturated carbocycles. The molecule has 0 radical (unpaired) electrons. The Bertz CT molecular complexity index is 492. The zero-order valence-corrected chi connectivity index (χ0v) is 11.1. The summed E-state index contributed by atoms with van der Waals surface area (Å²) in [7, 11) is 0. The smallest absolute Gasteiger partial charge is 0.0757 e. The molecule has 18 heavy (non-hydrogen) atoms. The minimum Gasteiger partial charge on any atom is -0.322 e. The van der Waals surface area contributed by atoms with Crippen LogP contribution < -0.4 is 5.73 Å². The SMILES string of the molecule is CCCn1nncc1C(N)Cc1ccc(Cl)cc1. The van der Waals surface area contributed by atoms with Crippen molar-refractivity contribution in [2.24, 2.45) is 5.73 Å². The van der Waals surface area contributed by atoms with E-state index in [1.807, 2.05) is 28.9 Å². The van der Waals surface area contributed by atoms with Gasteiger partial charge >= 0.3 is 0 Å².